The summed E-state index contributed by atoms with van der Waals surface area (Å²) >= 11 is 0. The fourth-order valence-electron chi connectivity index (χ4n) is 0.995. The first-order valence-corrected chi connectivity index (χ1v) is 3.85. The van der Waals surface area contributed by atoms with Crippen LogP contribution in [0.25, 0.3) is 0 Å². The molecule has 0 aliphatic rings. The first-order valence-electron chi connectivity index (χ1n) is 3.85. The normalized spacial score (nSPS) is 15.4. The maximum Gasteiger partial charge on any atom is 0.127 e. The van der Waals surface area contributed by atoms with Gasteiger partial charge in [0, 0.05) is 6.07 Å². The molecule has 13 heavy (non-hydrogen) atoms. The summed E-state index contributed by atoms with van der Waals surface area (Å²) in [7, 11) is 0. The number of hydrogen-bond donors (Lipinski definition) is 3. The van der Waals surface area contributed by atoms with E-state index in [0.29, 0.717) is 5.56 Å². The van der Waals surface area contributed by atoms with Gasteiger partial charge in [0.05, 0.1) is 12.1 Å². The van der Waals surface area contributed by atoms with Gasteiger partial charge in [0.1, 0.15) is 11.6 Å². The molecule has 1 atom stereocenters. The van der Waals surface area contributed by atoms with Gasteiger partial charge in [-0.3, -0.25) is 0 Å². The number of phenols is 1. The van der Waals surface area contributed by atoms with Crippen LogP contribution in [-0.2, 0) is 5.54 Å². The van der Waals surface area contributed by atoms with E-state index < -0.39 is 11.4 Å². The molecule has 0 saturated heterocycles. The van der Waals surface area contributed by atoms with E-state index in [2.05, 4.69) is 0 Å². The molecule has 0 aromatic heterocycles. The van der Waals surface area contributed by atoms with Crippen molar-refractivity contribution in [3.8, 4) is 5.75 Å². The number of rotatable bonds is 2. The largest absolute Gasteiger partial charge is 0.508 e. The number of phenolic OH excluding ortho intramolecular Hbond substituents is 1. The van der Waals surface area contributed by atoms with Crippen molar-refractivity contribution >= 4 is 0 Å². The van der Waals surface area contributed by atoms with Crippen molar-refractivity contribution in [1.29, 1.82) is 0 Å². The number of hydrogen-bond acceptors (Lipinski definition) is 3. The van der Waals surface area contributed by atoms with Crippen LogP contribution in [0.5, 0.6) is 5.75 Å². The topological polar surface area (TPSA) is 66.5 Å². The lowest BCUT2D eigenvalue weighted by Gasteiger charge is -2.22. The summed E-state index contributed by atoms with van der Waals surface area (Å²) in [4.78, 5) is 0. The Morgan fingerprint density at radius 3 is 2.54 bits per heavy atom. The molecule has 0 fully saturated rings. The van der Waals surface area contributed by atoms with Crippen LogP contribution in [0.1, 0.15) is 12.5 Å². The monoisotopic (exact) mass is 185 g/mol. The smallest absolute Gasteiger partial charge is 0.127 e. The van der Waals surface area contributed by atoms with E-state index in [-0.39, 0.29) is 12.4 Å². The van der Waals surface area contributed by atoms with Crippen LogP contribution in [0.15, 0.2) is 18.2 Å². The van der Waals surface area contributed by atoms with Crippen LogP contribution in [0.3, 0.4) is 0 Å². The van der Waals surface area contributed by atoms with Gasteiger partial charge in [-0.2, -0.15) is 0 Å². The zero-order valence-corrected chi connectivity index (χ0v) is 7.29. The second kappa shape index (κ2) is 3.32. The van der Waals surface area contributed by atoms with Crippen LogP contribution in [0, 0.1) is 5.82 Å². The Morgan fingerprint density at radius 2 is 2.08 bits per heavy atom. The van der Waals surface area contributed by atoms with Gasteiger partial charge >= 0.3 is 0 Å². The number of nitrogens with two attached hydrogens (primary N) is 1. The highest BCUT2D eigenvalue weighted by Crippen LogP contribution is 2.22. The van der Waals surface area contributed by atoms with Gasteiger partial charge in [-0.15, -0.1) is 0 Å². The molecule has 4 N–H and O–H groups in total. The molecule has 4 heteroatoms. The van der Waals surface area contributed by atoms with E-state index in [1.165, 1.54) is 12.1 Å². The minimum atomic E-state index is -1.03. The molecule has 1 aromatic rings. The Hall–Kier alpha value is -1.13. The molecule has 0 aliphatic carbocycles. The minimum absolute atomic E-state index is 0.194. The molecular weight excluding hydrogens is 173 g/mol. The average Bonchev–Trinajstić information content (AvgIpc) is 2.02. The molecule has 0 radical (unpaired) electrons. The molecule has 1 aromatic carbocycles. The van der Waals surface area contributed by atoms with Crippen LogP contribution in [0.2, 0.25) is 0 Å². The van der Waals surface area contributed by atoms with E-state index in [1.807, 2.05) is 0 Å². The van der Waals surface area contributed by atoms with Gasteiger partial charge < -0.3 is 15.9 Å². The molecule has 1 rings (SSSR count). The van der Waals surface area contributed by atoms with Crippen molar-refractivity contribution in [1.82, 2.24) is 0 Å². The zero-order chi connectivity index (χ0) is 10.1. The summed E-state index contributed by atoms with van der Waals surface area (Å²) in [6.07, 6.45) is 0. The van der Waals surface area contributed by atoms with Gasteiger partial charge in [0.15, 0.2) is 0 Å². The summed E-state index contributed by atoms with van der Waals surface area (Å²) < 4.78 is 12.8. The van der Waals surface area contributed by atoms with Gasteiger partial charge in [0.25, 0.3) is 0 Å². The standard InChI is InChI=1S/C9H12FNO2/c1-9(11,5-12)6-2-7(10)4-8(13)3-6/h2-4,12-13H,5,11H2,1H3. The third-order valence-corrected chi connectivity index (χ3v) is 1.87. The quantitative estimate of drug-likeness (QED) is 0.635. The highest BCUT2D eigenvalue weighted by Gasteiger charge is 2.21. The third-order valence-electron chi connectivity index (χ3n) is 1.87. The molecule has 0 aliphatic heterocycles. The maximum atomic E-state index is 12.8. The Kier molecular flexibility index (Phi) is 2.54. The summed E-state index contributed by atoms with van der Waals surface area (Å²) in [5, 5.41) is 18.0. The van der Waals surface area contributed by atoms with Crippen molar-refractivity contribution in [3.05, 3.63) is 29.6 Å². The first-order chi connectivity index (χ1) is 5.95. The number of halogens is 1. The van der Waals surface area contributed by atoms with Gasteiger partial charge in [-0.1, -0.05) is 0 Å². The lowest BCUT2D eigenvalue weighted by Crippen LogP contribution is -2.36. The molecule has 0 spiro atoms. The van der Waals surface area contributed by atoms with Crippen LogP contribution < -0.4 is 5.73 Å². The van der Waals surface area contributed by atoms with Crippen molar-refractivity contribution in [2.45, 2.75) is 12.5 Å². The average molecular weight is 185 g/mol. The predicted octanol–water partition coefficient (Wildman–Crippen LogP) is 0.698. The first kappa shape index (κ1) is 9.95. The van der Waals surface area contributed by atoms with Crippen molar-refractivity contribution in [3.63, 3.8) is 0 Å². The lowest BCUT2D eigenvalue weighted by atomic mass is 9.94. The fraction of sp³-hybridized carbons (Fsp3) is 0.333. The number of aliphatic hydroxyl groups is 1. The van der Waals surface area contributed by atoms with Crippen LogP contribution in [-0.4, -0.2) is 16.8 Å². The second-order valence-electron chi connectivity index (χ2n) is 3.27. The molecule has 72 valence electrons. The second-order valence-corrected chi connectivity index (χ2v) is 3.27. The SMILES string of the molecule is CC(N)(CO)c1cc(O)cc(F)c1. The lowest BCUT2D eigenvalue weighted by molar-refractivity contribution is 0.209. The molecule has 0 saturated carbocycles. The summed E-state index contributed by atoms with van der Waals surface area (Å²) in [6, 6.07) is 3.51. The maximum absolute atomic E-state index is 12.8. The van der Waals surface area contributed by atoms with Crippen molar-refractivity contribution in [2.24, 2.45) is 5.73 Å². The van der Waals surface area contributed by atoms with Crippen LogP contribution in [0.4, 0.5) is 4.39 Å². The zero-order valence-electron chi connectivity index (χ0n) is 7.29. The Labute approximate surface area is 75.6 Å². The number of aliphatic hydroxyl groups excluding tert-OH is 1. The van der Waals surface area contributed by atoms with Crippen molar-refractivity contribution < 1.29 is 14.6 Å². The number of benzene rings is 1. The predicted molar refractivity (Wildman–Crippen MR) is 46.7 cm³/mol. The Balaban J connectivity index is 3.15. The van der Waals surface area contributed by atoms with Gasteiger partial charge in [-0.05, 0) is 24.6 Å². The number of aromatic hydroxyl groups is 1. The third kappa shape index (κ3) is 2.17. The highest BCUT2D eigenvalue weighted by molar-refractivity contribution is 5.32. The molecule has 0 bridgehead atoms. The fourth-order valence-corrected chi connectivity index (χ4v) is 0.995. The Bertz CT molecular complexity index is 292. The van der Waals surface area contributed by atoms with Gasteiger partial charge in [0.2, 0.25) is 0 Å². The Morgan fingerprint density at radius 1 is 1.46 bits per heavy atom. The molecular formula is C9H12FNO2. The van der Waals surface area contributed by atoms with E-state index in [0.717, 1.165) is 6.07 Å². The molecule has 0 heterocycles. The molecule has 0 amide bonds. The minimum Gasteiger partial charge on any atom is -0.508 e. The summed E-state index contributed by atoms with van der Waals surface area (Å²) in [5.74, 6) is -0.764. The molecule has 1 unspecified atom stereocenters. The summed E-state index contributed by atoms with van der Waals surface area (Å²) in [6.45, 7) is 1.25. The van der Waals surface area contributed by atoms with Crippen LogP contribution >= 0.6 is 0 Å². The van der Waals surface area contributed by atoms with E-state index >= 15 is 0 Å². The van der Waals surface area contributed by atoms with Gasteiger partial charge in [-0.25, -0.2) is 4.39 Å². The van der Waals surface area contributed by atoms with Crippen molar-refractivity contribution in [2.75, 3.05) is 6.61 Å². The van der Waals surface area contributed by atoms with E-state index in [9.17, 15) is 4.39 Å². The summed E-state index contributed by atoms with van der Waals surface area (Å²) in [5.41, 5.74) is 4.99. The highest BCUT2D eigenvalue weighted by atomic mass is 19.1. The van der Waals surface area contributed by atoms with E-state index in [1.54, 1.807) is 6.92 Å². The molecule has 3 nitrogen and oxygen atoms in total. The van der Waals surface area contributed by atoms with E-state index in [4.69, 9.17) is 15.9 Å².